The second-order valence-corrected chi connectivity index (χ2v) is 5.39. The molecule has 0 aromatic carbocycles. The van der Waals surface area contributed by atoms with Crippen LogP contribution >= 0.6 is 0 Å². The molecule has 0 unspecified atom stereocenters. The Bertz CT molecular complexity index is 625. The van der Waals surface area contributed by atoms with E-state index in [2.05, 4.69) is 30.2 Å². The Morgan fingerprint density at radius 2 is 2.26 bits per heavy atom. The van der Waals surface area contributed by atoms with Crippen LogP contribution < -0.4 is 10.0 Å². The predicted molar refractivity (Wildman–Crippen MR) is 68.8 cm³/mol. The summed E-state index contributed by atoms with van der Waals surface area (Å²) in [5.74, 6) is 0.442. The quantitative estimate of drug-likeness (QED) is 0.693. The lowest BCUT2D eigenvalue weighted by Gasteiger charge is -2.10. The van der Waals surface area contributed by atoms with E-state index in [4.69, 9.17) is 0 Å². The van der Waals surface area contributed by atoms with E-state index < -0.39 is 10.0 Å². The minimum absolute atomic E-state index is 0.0444. The molecule has 8 nitrogen and oxygen atoms in total. The van der Waals surface area contributed by atoms with Crippen molar-refractivity contribution in [1.29, 1.82) is 0 Å². The third-order valence-electron chi connectivity index (χ3n) is 2.34. The highest BCUT2D eigenvalue weighted by Crippen LogP contribution is 2.19. The van der Waals surface area contributed by atoms with Crippen molar-refractivity contribution in [1.82, 2.24) is 24.9 Å². The number of aromatic nitrogens is 4. The number of hydrogen-bond donors (Lipinski definition) is 3. The molecule has 0 aliphatic heterocycles. The summed E-state index contributed by atoms with van der Waals surface area (Å²) in [6.45, 7) is 2.55. The Morgan fingerprint density at radius 1 is 1.42 bits per heavy atom. The van der Waals surface area contributed by atoms with Crippen LogP contribution in [0.25, 0.3) is 0 Å². The molecule has 2 aromatic heterocycles. The van der Waals surface area contributed by atoms with E-state index in [9.17, 15) is 8.42 Å². The normalized spacial score (nSPS) is 11.4. The minimum Gasteiger partial charge on any atom is -0.384 e. The number of sulfonamides is 1. The highest BCUT2D eigenvalue weighted by molar-refractivity contribution is 7.89. The lowest BCUT2D eigenvalue weighted by Crippen LogP contribution is -2.25. The van der Waals surface area contributed by atoms with Gasteiger partial charge in [-0.1, -0.05) is 0 Å². The van der Waals surface area contributed by atoms with Gasteiger partial charge in [0.15, 0.2) is 0 Å². The average molecular weight is 282 g/mol. The van der Waals surface area contributed by atoms with E-state index >= 15 is 0 Å². The first-order valence-corrected chi connectivity index (χ1v) is 7.13. The molecule has 102 valence electrons. The summed E-state index contributed by atoms with van der Waals surface area (Å²) in [6.07, 6.45) is 4.16. The highest BCUT2D eigenvalue weighted by atomic mass is 32.2. The number of anilines is 1. The third-order valence-corrected chi connectivity index (χ3v) is 3.76. The molecule has 0 bridgehead atoms. The topological polar surface area (TPSA) is 113 Å². The van der Waals surface area contributed by atoms with Crippen LogP contribution in [0.3, 0.4) is 0 Å². The van der Waals surface area contributed by atoms with Gasteiger partial charge in [-0.3, -0.25) is 10.1 Å². The Hall–Kier alpha value is -2.00. The maximum atomic E-state index is 12.2. The highest BCUT2D eigenvalue weighted by Gasteiger charge is 2.18. The molecule has 19 heavy (non-hydrogen) atoms. The van der Waals surface area contributed by atoms with E-state index in [0.29, 0.717) is 18.1 Å². The smallest absolute Gasteiger partial charge is 0.244 e. The number of rotatable bonds is 6. The van der Waals surface area contributed by atoms with E-state index in [0.717, 1.165) is 0 Å². The molecule has 0 spiro atoms. The molecule has 0 amide bonds. The predicted octanol–water partition coefficient (Wildman–Crippen LogP) is 0.110. The van der Waals surface area contributed by atoms with Gasteiger partial charge in [0.05, 0.1) is 12.2 Å². The summed E-state index contributed by atoms with van der Waals surface area (Å²) >= 11 is 0. The minimum atomic E-state index is -3.65. The molecular formula is C10H14N6O2S. The second-order valence-electron chi connectivity index (χ2n) is 3.66. The van der Waals surface area contributed by atoms with Crippen LogP contribution in [0.1, 0.15) is 12.7 Å². The number of nitrogens with one attached hydrogen (secondary N) is 3. The van der Waals surface area contributed by atoms with Crippen LogP contribution in [-0.4, -0.2) is 35.1 Å². The summed E-state index contributed by atoms with van der Waals surface area (Å²) in [4.78, 5) is 7.80. The van der Waals surface area contributed by atoms with Crippen molar-refractivity contribution in [3.63, 3.8) is 0 Å². The molecular weight excluding hydrogens is 268 g/mol. The van der Waals surface area contributed by atoms with Crippen LogP contribution in [-0.2, 0) is 16.6 Å². The Balaban J connectivity index is 2.19. The molecule has 0 aliphatic carbocycles. The lowest BCUT2D eigenvalue weighted by molar-refractivity contribution is 0.579. The van der Waals surface area contributed by atoms with Gasteiger partial charge >= 0.3 is 0 Å². The lowest BCUT2D eigenvalue weighted by atomic mass is 10.4. The number of pyridine rings is 1. The number of hydrogen-bond acceptors (Lipinski definition) is 6. The van der Waals surface area contributed by atoms with Crippen LogP contribution in [0.15, 0.2) is 29.7 Å². The van der Waals surface area contributed by atoms with Gasteiger partial charge in [-0.05, 0) is 13.0 Å². The Labute approximate surface area is 110 Å². The zero-order chi connectivity index (χ0) is 13.7. The maximum absolute atomic E-state index is 12.2. The Morgan fingerprint density at radius 3 is 2.95 bits per heavy atom. The first kappa shape index (κ1) is 13.4. The summed E-state index contributed by atoms with van der Waals surface area (Å²) < 4.78 is 26.8. The van der Waals surface area contributed by atoms with Crippen LogP contribution in [0.5, 0.6) is 0 Å². The van der Waals surface area contributed by atoms with Crippen molar-refractivity contribution in [2.24, 2.45) is 0 Å². The van der Waals surface area contributed by atoms with Crippen LogP contribution in [0.4, 0.5) is 5.69 Å². The molecule has 3 N–H and O–H groups in total. The fourth-order valence-corrected chi connectivity index (χ4v) is 2.60. The SMILES string of the molecule is CCNc1ccncc1S(=O)(=O)NCc1ncn[nH]1. The number of nitrogens with zero attached hydrogens (tertiary/aromatic N) is 3. The number of aromatic amines is 1. The molecule has 2 aromatic rings. The van der Waals surface area contributed by atoms with E-state index in [1.165, 1.54) is 18.7 Å². The van der Waals surface area contributed by atoms with Crippen molar-refractivity contribution in [2.75, 3.05) is 11.9 Å². The van der Waals surface area contributed by atoms with Crippen molar-refractivity contribution in [3.05, 3.63) is 30.6 Å². The molecule has 0 saturated carbocycles. The van der Waals surface area contributed by atoms with Crippen molar-refractivity contribution >= 4 is 15.7 Å². The molecule has 9 heteroatoms. The van der Waals surface area contributed by atoms with Crippen LogP contribution in [0, 0.1) is 0 Å². The van der Waals surface area contributed by atoms with Gasteiger partial charge in [-0.2, -0.15) is 5.10 Å². The Kier molecular flexibility index (Phi) is 4.07. The fraction of sp³-hybridized carbons (Fsp3) is 0.300. The average Bonchev–Trinajstić information content (AvgIpc) is 2.91. The van der Waals surface area contributed by atoms with Crippen LogP contribution in [0.2, 0.25) is 0 Å². The van der Waals surface area contributed by atoms with Gasteiger partial charge in [-0.15, -0.1) is 0 Å². The molecule has 0 fully saturated rings. The molecule has 0 atom stereocenters. The molecule has 0 aliphatic rings. The molecule has 2 heterocycles. The summed E-state index contributed by atoms with van der Waals surface area (Å²) in [7, 11) is -3.65. The zero-order valence-corrected chi connectivity index (χ0v) is 11.1. The summed E-state index contributed by atoms with van der Waals surface area (Å²) in [5.41, 5.74) is 0.516. The van der Waals surface area contributed by atoms with Crippen molar-refractivity contribution in [3.8, 4) is 0 Å². The van der Waals surface area contributed by atoms with Gasteiger partial charge < -0.3 is 5.32 Å². The molecule has 0 saturated heterocycles. The summed E-state index contributed by atoms with van der Waals surface area (Å²) in [6, 6.07) is 1.62. The van der Waals surface area contributed by atoms with Gasteiger partial charge in [0.25, 0.3) is 0 Å². The van der Waals surface area contributed by atoms with Gasteiger partial charge in [0.1, 0.15) is 17.0 Å². The standard InChI is InChI=1S/C10H14N6O2S/c1-2-12-8-3-4-11-5-9(8)19(17,18)15-6-10-13-7-14-16-10/h3-5,7,15H,2,6H2,1H3,(H,11,12)(H,13,14,16). The van der Waals surface area contributed by atoms with E-state index in [1.807, 2.05) is 6.92 Å². The maximum Gasteiger partial charge on any atom is 0.244 e. The monoisotopic (exact) mass is 282 g/mol. The van der Waals surface area contributed by atoms with Crippen molar-refractivity contribution in [2.45, 2.75) is 18.4 Å². The van der Waals surface area contributed by atoms with Gasteiger partial charge in [0, 0.05) is 18.9 Å². The largest absolute Gasteiger partial charge is 0.384 e. The second kappa shape index (κ2) is 5.76. The zero-order valence-electron chi connectivity index (χ0n) is 10.3. The molecule has 0 radical (unpaired) electrons. The third kappa shape index (κ3) is 3.26. The first-order valence-electron chi connectivity index (χ1n) is 5.65. The van der Waals surface area contributed by atoms with Crippen molar-refractivity contribution < 1.29 is 8.42 Å². The summed E-state index contributed by atoms with van der Waals surface area (Å²) in [5, 5.41) is 9.21. The van der Waals surface area contributed by atoms with E-state index in [1.54, 1.807) is 6.07 Å². The molecule has 2 rings (SSSR count). The van der Waals surface area contributed by atoms with Gasteiger partial charge in [0.2, 0.25) is 10.0 Å². The first-order chi connectivity index (χ1) is 9.13. The van der Waals surface area contributed by atoms with E-state index in [-0.39, 0.29) is 11.4 Å². The van der Waals surface area contributed by atoms with Gasteiger partial charge in [-0.25, -0.2) is 18.1 Å². The number of H-pyrrole nitrogens is 1. The fourth-order valence-electron chi connectivity index (χ4n) is 1.49.